The third-order valence-corrected chi connectivity index (χ3v) is 2.80. The van der Waals surface area contributed by atoms with Crippen LogP contribution >= 0.6 is 11.6 Å². The van der Waals surface area contributed by atoms with E-state index in [0.29, 0.717) is 0 Å². The molecular weight excluding hydrogens is 241 g/mol. The minimum Gasteiger partial charge on any atom is -0.871 e. The van der Waals surface area contributed by atoms with E-state index in [1.807, 2.05) is 0 Å². The van der Waals surface area contributed by atoms with Crippen LogP contribution in [0.2, 0.25) is 5.02 Å². The maximum atomic E-state index is 10.8. The summed E-state index contributed by atoms with van der Waals surface area (Å²) in [6.45, 7) is 0. The number of hydrogen-bond donors (Lipinski definition) is 2. The molecule has 14 heavy (non-hydrogen) atoms. The van der Waals surface area contributed by atoms with E-state index in [-0.39, 0.29) is 29.6 Å². The molecule has 1 aromatic carbocycles. The summed E-state index contributed by atoms with van der Waals surface area (Å²) in [6.07, 6.45) is 0. The fraction of sp³-hybridized carbons (Fsp3) is 0. The van der Waals surface area contributed by atoms with Gasteiger partial charge in [-0.1, -0.05) is 23.4 Å². The van der Waals surface area contributed by atoms with E-state index in [0.717, 1.165) is 12.1 Å². The Morgan fingerprint density at radius 1 is 1.43 bits per heavy atom. The van der Waals surface area contributed by atoms with Gasteiger partial charge in [0.2, 0.25) is 0 Å². The molecule has 0 aliphatic rings. The molecule has 5 nitrogen and oxygen atoms in total. The maximum Gasteiger partial charge on any atom is 1.00 e. The average molecular weight is 246 g/mol. The van der Waals surface area contributed by atoms with Crippen molar-refractivity contribution in [3.05, 3.63) is 17.2 Å². The van der Waals surface area contributed by atoms with Gasteiger partial charge in [0.05, 0.1) is 5.02 Å². The van der Waals surface area contributed by atoms with Gasteiger partial charge in [0.25, 0.3) is 10.1 Å². The van der Waals surface area contributed by atoms with Gasteiger partial charge in [0.1, 0.15) is 4.90 Å². The van der Waals surface area contributed by atoms with Crippen LogP contribution in [0.15, 0.2) is 17.0 Å². The predicted octanol–water partition coefficient (Wildman–Crippen LogP) is -2.75. The van der Waals surface area contributed by atoms with Gasteiger partial charge >= 0.3 is 29.6 Å². The van der Waals surface area contributed by atoms with Gasteiger partial charge in [0, 0.05) is 5.69 Å². The summed E-state index contributed by atoms with van der Waals surface area (Å²) in [4.78, 5) is -0.564. The Bertz CT molecular complexity index is 447. The summed E-state index contributed by atoms with van der Waals surface area (Å²) >= 11 is 5.42. The molecule has 0 aliphatic carbocycles. The van der Waals surface area contributed by atoms with Crippen molar-refractivity contribution < 1.29 is 47.6 Å². The smallest absolute Gasteiger partial charge is 0.871 e. The fourth-order valence-electron chi connectivity index (χ4n) is 0.754. The van der Waals surface area contributed by atoms with Crippen molar-refractivity contribution in [1.82, 2.24) is 0 Å². The molecule has 0 heterocycles. The van der Waals surface area contributed by atoms with Crippen molar-refractivity contribution in [2.24, 2.45) is 0 Å². The normalized spacial score (nSPS) is 10.7. The first-order valence-electron chi connectivity index (χ1n) is 3.06. The monoisotopic (exact) mass is 245 g/mol. The van der Waals surface area contributed by atoms with E-state index in [1.165, 1.54) is 0 Å². The average Bonchev–Trinajstić information content (AvgIpc) is 1.98. The van der Waals surface area contributed by atoms with Crippen LogP contribution < -0.4 is 40.4 Å². The van der Waals surface area contributed by atoms with Gasteiger partial charge in [-0.15, -0.1) is 0 Å². The molecule has 0 saturated heterocycles. The van der Waals surface area contributed by atoms with Crippen LogP contribution in [-0.4, -0.2) is 13.0 Å². The van der Waals surface area contributed by atoms with Gasteiger partial charge in [-0.2, -0.15) is 8.42 Å². The minimum atomic E-state index is -4.42. The molecule has 3 N–H and O–H groups in total. The molecule has 0 bridgehead atoms. The number of hydrogen-bond acceptors (Lipinski definition) is 4. The largest absolute Gasteiger partial charge is 1.00 e. The van der Waals surface area contributed by atoms with E-state index in [9.17, 15) is 13.5 Å². The van der Waals surface area contributed by atoms with Crippen LogP contribution in [0, 0.1) is 0 Å². The molecule has 0 unspecified atom stereocenters. The third kappa shape index (κ3) is 2.75. The van der Waals surface area contributed by atoms with E-state index in [2.05, 4.69) is 0 Å². The molecule has 0 aliphatic heterocycles. The second-order valence-corrected chi connectivity index (χ2v) is 4.03. The minimum absolute atomic E-state index is 0. The van der Waals surface area contributed by atoms with Crippen molar-refractivity contribution >= 4 is 27.4 Å². The Morgan fingerprint density at radius 3 is 2.36 bits per heavy atom. The molecular formula is C6H5ClNNaO4S. The number of nitrogen functional groups attached to an aromatic ring is 1. The first kappa shape index (κ1) is 14.0. The summed E-state index contributed by atoms with van der Waals surface area (Å²) in [6, 6.07) is 1.82. The zero-order chi connectivity index (χ0) is 10.2. The van der Waals surface area contributed by atoms with Crippen LogP contribution in [0.3, 0.4) is 0 Å². The van der Waals surface area contributed by atoms with Crippen LogP contribution in [-0.2, 0) is 10.1 Å². The second kappa shape index (κ2) is 4.69. The third-order valence-electron chi connectivity index (χ3n) is 1.38. The molecule has 72 valence electrons. The van der Waals surface area contributed by atoms with E-state index in [1.54, 1.807) is 0 Å². The molecule has 0 aromatic heterocycles. The first-order chi connectivity index (χ1) is 5.84. The number of rotatable bonds is 1. The Kier molecular flexibility index (Phi) is 4.70. The van der Waals surface area contributed by atoms with Crippen molar-refractivity contribution in [3.63, 3.8) is 0 Å². The van der Waals surface area contributed by atoms with E-state index in [4.69, 9.17) is 21.9 Å². The van der Waals surface area contributed by atoms with Crippen LogP contribution in [0.5, 0.6) is 5.75 Å². The summed E-state index contributed by atoms with van der Waals surface area (Å²) in [5.74, 6) is -0.586. The summed E-state index contributed by atoms with van der Waals surface area (Å²) < 4.78 is 29.9. The molecule has 0 fully saturated rings. The predicted molar refractivity (Wildman–Crippen MR) is 45.1 cm³/mol. The van der Waals surface area contributed by atoms with E-state index < -0.39 is 31.5 Å². The topological polar surface area (TPSA) is 103 Å². The van der Waals surface area contributed by atoms with E-state index >= 15 is 0 Å². The number of benzene rings is 1. The molecule has 0 spiro atoms. The van der Waals surface area contributed by atoms with Crippen molar-refractivity contribution in [1.29, 1.82) is 0 Å². The number of anilines is 1. The van der Waals surface area contributed by atoms with Gasteiger partial charge in [-0.3, -0.25) is 4.55 Å². The maximum absolute atomic E-state index is 10.8. The first-order valence-corrected chi connectivity index (χ1v) is 4.88. The summed E-state index contributed by atoms with van der Waals surface area (Å²) in [5, 5.41) is 10.4. The Morgan fingerprint density at radius 2 is 1.93 bits per heavy atom. The fourth-order valence-corrected chi connectivity index (χ4v) is 1.78. The van der Waals surface area contributed by atoms with Crippen molar-refractivity contribution in [3.8, 4) is 5.75 Å². The molecule has 0 atom stereocenters. The van der Waals surface area contributed by atoms with Gasteiger partial charge < -0.3 is 10.8 Å². The Balaban J connectivity index is 0.00000169. The SMILES string of the molecule is Nc1c([O-])ccc(S(=O)(=O)O)c1Cl.[Na+]. The Labute approximate surface area is 108 Å². The number of nitrogens with two attached hydrogens (primary N) is 1. The van der Waals surface area contributed by atoms with Crippen LogP contribution in [0.1, 0.15) is 0 Å². The van der Waals surface area contributed by atoms with Crippen molar-refractivity contribution in [2.45, 2.75) is 4.90 Å². The second-order valence-electron chi connectivity index (χ2n) is 2.26. The van der Waals surface area contributed by atoms with Gasteiger partial charge in [-0.05, 0) is 6.07 Å². The molecule has 8 heteroatoms. The molecule has 1 aromatic rings. The summed E-state index contributed by atoms with van der Waals surface area (Å²) in [5.41, 5.74) is 4.77. The van der Waals surface area contributed by atoms with Gasteiger partial charge in [-0.25, -0.2) is 0 Å². The van der Waals surface area contributed by atoms with Gasteiger partial charge in [0.15, 0.2) is 0 Å². The quantitative estimate of drug-likeness (QED) is 0.317. The molecule has 0 amide bonds. The Hall–Kier alpha value is 0.0200. The zero-order valence-corrected chi connectivity index (χ0v) is 10.8. The summed E-state index contributed by atoms with van der Waals surface area (Å²) in [7, 11) is -4.42. The number of halogens is 1. The van der Waals surface area contributed by atoms with Crippen LogP contribution in [0.4, 0.5) is 5.69 Å². The molecule has 1 rings (SSSR count). The molecule has 0 saturated carbocycles. The molecule has 0 radical (unpaired) electrons. The van der Waals surface area contributed by atoms with Crippen LogP contribution in [0.25, 0.3) is 0 Å². The standard InChI is InChI=1S/C6H6ClNO4S.Na/c7-5-4(13(10,11)12)2-1-3(9)6(5)8;/h1-2,9H,8H2,(H,10,11,12);/q;+1/p-1. The van der Waals surface area contributed by atoms with Crippen molar-refractivity contribution in [2.75, 3.05) is 5.73 Å². The zero-order valence-electron chi connectivity index (χ0n) is 7.19.